The minimum absolute atomic E-state index is 0.139. The first-order valence-electron chi connectivity index (χ1n) is 7.49. The summed E-state index contributed by atoms with van der Waals surface area (Å²) in [5.41, 5.74) is 1.68. The fraction of sp³-hybridized carbons (Fsp3) is 0.625. The number of hydrogen-bond donors (Lipinski definition) is 0. The summed E-state index contributed by atoms with van der Waals surface area (Å²) in [6, 6.07) is 0. The first-order valence-corrected chi connectivity index (χ1v) is 7.49. The Bertz CT molecular complexity index is 380. The Labute approximate surface area is 119 Å². The number of cyclic esters (lactones) is 2. The van der Waals surface area contributed by atoms with E-state index >= 15 is 0 Å². The van der Waals surface area contributed by atoms with Gasteiger partial charge >= 0.3 is 11.9 Å². The standard InChI is InChI=1S/C16H22O4/c17-15-13(9-11-19-15)7-5-3-1-2-4-6-8-14-10-12-20-16(14)18/h7-8H,1-6,9-12H2/b13-7+,14-8+. The van der Waals surface area contributed by atoms with E-state index < -0.39 is 0 Å². The molecule has 2 heterocycles. The van der Waals surface area contributed by atoms with Crippen molar-refractivity contribution in [1.82, 2.24) is 0 Å². The van der Waals surface area contributed by atoms with E-state index in [0.29, 0.717) is 13.2 Å². The van der Waals surface area contributed by atoms with Gasteiger partial charge in [0.15, 0.2) is 0 Å². The molecule has 0 saturated carbocycles. The highest BCUT2D eigenvalue weighted by molar-refractivity contribution is 5.90. The zero-order valence-electron chi connectivity index (χ0n) is 11.9. The van der Waals surface area contributed by atoms with Crippen LogP contribution in [0.5, 0.6) is 0 Å². The molecule has 110 valence electrons. The summed E-state index contributed by atoms with van der Waals surface area (Å²) in [6.45, 7) is 1.09. The largest absolute Gasteiger partial charge is 0.462 e. The molecule has 0 spiro atoms. The summed E-state index contributed by atoms with van der Waals surface area (Å²) < 4.78 is 9.76. The van der Waals surface area contributed by atoms with E-state index in [1.807, 2.05) is 12.2 Å². The van der Waals surface area contributed by atoms with E-state index in [4.69, 9.17) is 9.47 Å². The van der Waals surface area contributed by atoms with Crippen molar-refractivity contribution >= 4 is 11.9 Å². The summed E-state index contributed by atoms with van der Waals surface area (Å²) in [6.07, 6.45) is 12.0. The average molecular weight is 278 g/mol. The zero-order valence-corrected chi connectivity index (χ0v) is 11.9. The van der Waals surface area contributed by atoms with Crippen LogP contribution in [0.15, 0.2) is 23.3 Å². The van der Waals surface area contributed by atoms with Crippen LogP contribution in [0.3, 0.4) is 0 Å². The fourth-order valence-corrected chi connectivity index (χ4v) is 2.46. The van der Waals surface area contributed by atoms with Crippen LogP contribution in [0.4, 0.5) is 0 Å². The van der Waals surface area contributed by atoms with Crippen molar-refractivity contribution in [3.05, 3.63) is 23.3 Å². The lowest BCUT2D eigenvalue weighted by Crippen LogP contribution is -1.94. The Kier molecular flexibility index (Phi) is 5.84. The second-order valence-electron chi connectivity index (χ2n) is 5.22. The van der Waals surface area contributed by atoms with E-state index in [9.17, 15) is 9.59 Å². The van der Waals surface area contributed by atoms with Gasteiger partial charge in [-0.25, -0.2) is 9.59 Å². The predicted molar refractivity (Wildman–Crippen MR) is 75.0 cm³/mol. The van der Waals surface area contributed by atoms with Crippen LogP contribution in [0.1, 0.15) is 51.4 Å². The number of esters is 2. The third-order valence-corrected chi connectivity index (χ3v) is 3.67. The van der Waals surface area contributed by atoms with Gasteiger partial charge in [0.1, 0.15) is 0 Å². The van der Waals surface area contributed by atoms with Crippen molar-refractivity contribution in [1.29, 1.82) is 0 Å². The van der Waals surface area contributed by atoms with Crippen LogP contribution in [0.25, 0.3) is 0 Å². The van der Waals surface area contributed by atoms with Crippen molar-refractivity contribution in [2.24, 2.45) is 0 Å². The van der Waals surface area contributed by atoms with E-state index in [1.165, 1.54) is 0 Å². The van der Waals surface area contributed by atoms with E-state index in [0.717, 1.165) is 62.5 Å². The van der Waals surface area contributed by atoms with E-state index in [1.54, 1.807) is 0 Å². The highest BCUT2D eigenvalue weighted by Gasteiger charge is 2.18. The lowest BCUT2D eigenvalue weighted by atomic mass is 10.1. The number of ether oxygens (including phenoxy) is 2. The highest BCUT2D eigenvalue weighted by Crippen LogP contribution is 2.17. The van der Waals surface area contributed by atoms with Gasteiger partial charge in [0, 0.05) is 24.0 Å². The number of unbranched alkanes of at least 4 members (excludes halogenated alkanes) is 5. The number of carbonyl (C=O) groups excluding carboxylic acids is 2. The molecule has 0 N–H and O–H groups in total. The van der Waals surface area contributed by atoms with Gasteiger partial charge in [0.05, 0.1) is 13.2 Å². The maximum Gasteiger partial charge on any atom is 0.333 e. The Morgan fingerprint density at radius 2 is 1.20 bits per heavy atom. The number of allylic oxidation sites excluding steroid dienone is 2. The quantitative estimate of drug-likeness (QED) is 0.408. The van der Waals surface area contributed by atoms with E-state index in [-0.39, 0.29) is 11.9 Å². The summed E-state index contributed by atoms with van der Waals surface area (Å²) in [4.78, 5) is 22.4. The molecule has 2 aliphatic rings. The van der Waals surface area contributed by atoms with Gasteiger partial charge in [-0.2, -0.15) is 0 Å². The van der Waals surface area contributed by atoms with Crippen molar-refractivity contribution in [2.75, 3.05) is 13.2 Å². The van der Waals surface area contributed by atoms with Gasteiger partial charge in [-0.3, -0.25) is 0 Å². The minimum Gasteiger partial charge on any atom is -0.462 e. The average Bonchev–Trinajstić information content (AvgIpc) is 3.02. The van der Waals surface area contributed by atoms with Crippen LogP contribution in [0, 0.1) is 0 Å². The molecule has 0 aliphatic carbocycles. The van der Waals surface area contributed by atoms with Crippen LogP contribution >= 0.6 is 0 Å². The minimum atomic E-state index is -0.139. The highest BCUT2D eigenvalue weighted by atomic mass is 16.5. The normalized spacial score (nSPS) is 22.6. The molecule has 4 heteroatoms. The Hall–Kier alpha value is -1.58. The van der Waals surface area contributed by atoms with Crippen LogP contribution < -0.4 is 0 Å². The molecule has 0 aromatic heterocycles. The third kappa shape index (κ3) is 4.51. The number of hydrogen-bond acceptors (Lipinski definition) is 4. The van der Waals surface area contributed by atoms with E-state index in [2.05, 4.69) is 0 Å². The van der Waals surface area contributed by atoms with Gasteiger partial charge < -0.3 is 9.47 Å². The molecule has 2 aliphatic heterocycles. The SMILES string of the molecule is O=C1OCC/C1=C\CCCCCC/C=C1\CCOC1=O. The summed E-state index contributed by atoms with van der Waals surface area (Å²) in [5.74, 6) is -0.278. The van der Waals surface area contributed by atoms with Crippen molar-refractivity contribution in [2.45, 2.75) is 51.4 Å². The second kappa shape index (κ2) is 7.88. The molecule has 0 atom stereocenters. The number of carbonyl (C=O) groups is 2. The zero-order chi connectivity index (χ0) is 14.2. The first kappa shape index (κ1) is 14.8. The predicted octanol–water partition coefficient (Wildman–Crippen LogP) is 3.07. The molecule has 0 bridgehead atoms. The summed E-state index contributed by atoms with van der Waals surface area (Å²) in [7, 11) is 0. The molecule has 0 unspecified atom stereocenters. The molecule has 0 aromatic carbocycles. The van der Waals surface area contributed by atoms with Gasteiger partial charge in [-0.05, 0) is 25.7 Å². The van der Waals surface area contributed by atoms with Gasteiger partial charge in [0.25, 0.3) is 0 Å². The molecule has 0 aromatic rings. The fourth-order valence-electron chi connectivity index (χ4n) is 2.46. The molecule has 0 radical (unpaired) electrons. The van der Waals surface area contributed by atoms with Crippen LogP contribution in [0.2, 0.25) is 0 Å². The molecule has 2 fully saturated rings. The first-order chi connectivity index (χ1) is 9.77. The second-order valence-corrected chi connectivity index (χ2v) is 5.22. The van der Waals surface area contributed by atoms with Crippen molar-refractivity contribution < 1.29 is 19.1 Å². The Morgan fingerprint density at radius 1 is 0.750 bits per heavy atom. The molecule has 0 amide bonds. The molecule has 2 rings (SSSR count). The Balaban J connectivity index is 1.50. The smallest absolute Gasteiger partial charge is 0.333 e. The Morgan fingerprint density at radius 3 is 1.55 bits per heavy atom. The molecule has 20 heavy (non-hydrogen) atoms. The molecule has 4 nitrogen and oxygen atoms in total. The molecular formula is C16H22O4. The number of rotatable bonds is 7. The van der Waals surface area contributed by atoms with Crippen LogP contribution in [-0.4, -0.2) is 25.2 Å². The monoisotopic (exact) mass is 278 g/mol. The maximum absolute atomic E-state index is 11.2. The van der Waals surface area contributed by atoms with Crippen molar-refractivity contribution in [3.8, 4) is 0 Å². The summed E-state index contributed by atoms with van der Waals surface area (Å²) in [5, 5.41) is 0. The van der Waals surface area contributed by atoms with Gasteiger partial charge in [0.2, 0.25) is 0 Å². The third-order valence-electron chi connectivity index (χ3n) is 3.67. The topological polar surface area (TPSA) is 52.6 Å². The molecular weight excluding hydrogens is 256 g/mol. The van der Waals surface area contributed by atoms with Gasteiger partial charge in [-0.1, -0.05) is 25.0 Å². The lowest BCUT2D eigenvalue weighted by Gasteiger charge is -1.98. The van der Waals surface area contributed by atoms with Crippen LogP contribution in [-0.2, 0) is 19.1 Å². The van der Waals surface area contributed by atoms with Crippen molar-refractivity contribution in [3.63, 3.8) is 0 Å². The maximum atomic E-state index is 11.2. The van der Waals surface area contributed by atoms with Gasteiger partial charge in [-0.15, -0.1) is 0 Å². The summed E-state index contributed by atoms with van der Waals surface area (Å²) >= 11 is 0. The lowest BCUT2D eigenvalue weighted by molar-refractivity contribution is -0.135. The molecule has 2 saturated heterocycles.